The monoisotopic (exact) mass is 254 g/mol. The standard InChI is InChI=1S/C14H10N2OS/c17-13(7-10-5-6-15-9-16-10)12-8-18-14-4-2-1-3-11(12)14/h1-6,8-9H,7H2. The number of fused-ring (bicyclic) bond motifs is 1. The summed E-state index contributed by atoms with van der Waals surface area (Å²) in [5.41, 5.74) is 1.54. The van der Waals surface area contributed by atoms with Crippen molar-refractivity contribution in [1.29, 1.82) is 0 Å². The molecule has 4 heteroatoms. The van der Waals surface area contributed by atoms with Gasteiger partial charge in [-0.05, 0) is 12.1 Å². The number of hydrogen-bond acceptors (Lipinski definition) is 4. The average molecular weight is 254 g/mol. The van der Waals surface area contributed by atoms with Crippen LogP contribution < -0.4 is 0 Å². The zero-order valence-corrected chi connectivity index (χ0v) is 10.4. The van der Waals surface area contributed by atoms with E-state index in [1.807, 2.05) is 29.6 Å². The molecule has 0 N–H and O–H groups in total. The van der Waals surface area contributed by atoms with Crippen LogP contribution in [-0.4, -0.2) is 15.8 Å². The molecule has 3 rings (SSSR count). The van der Waals surface area contributed by atoms with E-state index in [9.17, 15) is 4.79 Å². The number of hydrogen-bond donors (Lipinski definition) is 0. The summed E-state index contributed by atoms with van der Waals surface area (Å²) >= 11 is 1.60. The Morgan fingerprint density at radius 1 is 1.22 bits per heavy atom. The van der Waals surface area contributed by atoms with Crippen molar-refractivity contribution < 1.29 is 4.79 Å². The summed E-state index contributed by atoms with van der Waals surface area (Å²) < 4.78 is 1.14. The van der Waals surface area contributed by atoms with E-state index in [-0.39, 0.29) is 5.78 Å². The Balaban J connectivity index is 1.93. The van der Waals surface area contributed by atoms with Crippen LogP contribution in [0.3, 0.4) is 0 Å². The van der Waals surface area contributed by atoms with Gasteiger partial charge < -0.3 is 0 Å². The van der Waals surface area contributed by atoms with E-state index >= 15 is 0 Å². The molecule has 0 aliphatic heterocycles. The molecule has 0 saturated carbocycles. The summed E-state index contributed by atoms with van der Waals surface area (Å²) in [6, 6.07) is 9.72. The molecule has 3 aromatic rings. The minimum atomic E-state index is 0.103. The molecule has 18 heavy (non-hydrogen) atoms. The Bertz CT molecular complexity index is 691. The number of benzene rings is 1. The first-order valence-electron chi connectivity index (χ1n) is 5.59. The first-order chi connectivity index (χ1) is 8.84. The Hall–Kier alpha value is -2.07. The first kappa shape index (κ1) is 11.0. The quantitative estimate of drug-likeness (QED) is 0.674. The van der Waals surface area contributed by atoms with Gasteiger partial charge in [-0.15, -0.1) is 11.3 Å². The molecule has 0 saturated heterocycles. The molecule has 88 valence electrons. The number of nitrogens with zero attached hydrogens (tertiary/aromatic N) is 2. The van der Waals surface area contributed by atoms with Crippen LogP contribution in [-0.2, 0) is 6.42 Å². The van der Waals surface area contributed by atoms with E-state index in [1.165, 1.54) is 6.33 Å². The van der Waals surface area contributed by atoms with Crippen molar-refractivity contribution in [3.8, 4) is 0 Å². The molecule has 0 aliphatic rings. The van der Waals surface area contributed by atoms with Crippen LogP contribution in [0.2, 0.25) is 0 Å². The van der Waals surface area contributed by atoms with E-state index in [0.29, 0.717) is 6.42 Å². The Morgan fingerprint density at radius 3 is 2.94 bits per heavy atom. The molecule has 0 bridgehead atoms. The summed E-state index contributed by atoms with van der Waals surface area (Å²) in [5, 5.41) is 2.95. The fourth-order valence-electron chi connectivity index (χ4n) is 1.88. The van der Waals surface area contributed by atoms with Crippen molar-refractivity contribution in [1.82, 2.24) is 9.97 Å². The van der Waals surface area contributed by atoms with Gasteiger partial charge in [-0.2, -0.15) is 0 Å². The maximum atomic E-state index is 12.2. The molecule has 0 atom stereocenters. The molecule has 0 aliphatic carbocycles. The topological polar surface area (TPSA) is 42.9 Å². The minimum Gasteiger partial charge on any atom is -0.294 e. The molecule has 2 heterocycles. The van der Waals surface area contributed by atoms with E-state index in [0.717, 1.165) is 21.3 Å². The lowest BCUT2D eigenvalue weighted by atomic mass is 10.1. The van der Waals surface area contributed by atoms with E-state index in [1.54, 1.807) is 23.6 Å². The highest BCUT2D eigenvalue weighted by Crippen LogP contribution is 2.26. The van der Waals surface area contributed by atoms with Gasteiger partial charge in [0.2, 0.25) is 0 Å². The number of thiophene rings is 1. The number of aromatic nitrogens is 2. The third kappa shape index (κ3) is 2.02. The third-order valence-corrected chi connectivity index (χ3v) is 3.73. The summed E-state index contributed by atoms with van der Waals surface area (Å²) in [6.07, 6.45) is 3.44. The van der Waals surface area contributed by atoms with Crippen LogP contribution >= 0.6 is 11.3 Å². The van der Waals surface area contributed by atoms with Gasteiger partial charge in [-0.3, -0.25) is 4.79 Å². The van der Waals surface area contributed by atoms with Crippen molar-refractivity contribution in [2.24, 2.45) is 0 Å². The van der Waals surface area contributed by atoms with Crippen molar-refractivity contribution in [3.63, 3.8) is 0 Å². The lowest BCUT2D eigenvalue weighted by Gasteiger charge is -1.99. The van der Waals surface area contributed by atoms with Crippen LogP contribution in [0.25, 0.3) is 10.1 Å². The van der Waals surface area contributed by atoms with Crippen LogP contribution in [0.15, 0.2) is 48.2 Å². The lowest BCUT2D eigenvalue weighted by Crippen LogP contribution is -2.04. The van der Waals surface area contributed by atoms with Gasteiger partial charge in [0, 0.05) is 27.2 Å². The summed E-state index contributed by atoms with van der Waals surface area (Å²) in [5.74, 6) is 0.103. The Kier molecular flexibility index (Phi) is 2.86. The molecule has 1 aromatic carbocycles. The average Bonchev–Trinajstić information content (AvgIpc) is 2.84. The summed E-state index contributed by atoms with van der Waals surface area (Å²) in [6.45, 7) is 0. The fraction of sp³-hybridized carbons (Fsp3) is 0.0714. The van der Waals surface area contributed by atoms with Crippen LogP contribution in [0, 0.1) is 0 Å². The molecular formula is C14H10N2OS. The maximum absolute atomic E-state index is 12.2. The highest BCUT2D eigenvalue weighted by atomic mass is 32.1. The molecule has 0 fully saturated rings. The molecule has 0 amide bonds. The van der Waals surface area contributed by atoms with Gasteiger partial charge in [-0.25, -0.2) is 9.97 Å². The maximum Gasteiger partial charge on any atom is 0.170 e. The predicted molar refractivity (Wildman–Crippen MR) is 71.9 cm³/mol. The number of carbonyl (C=O) groups is 1. The zero-order valence-electron chi connectivity index (χ0n) is 9.54. The van der Waals surface area contributed by atoms with Gasteiger partial charge in [0.05, 0.1) is 12.1 Å². The van der Waals surface area contributed by atoms with E-state index in [4.69, 9.17) is 0 Å². The van der Waals surface area contributed by atoms with Crippen molar-refractivity contribution in [3.05, 3.63) is 59.5 Å². The van der Waals surface area contributed by atoms with Gasteiger partial charge in [0.15, 0.2) is 5.78 Å². The van der Waals surface area contributed by atoms with Crippen LogP contribution in [0.1, 0.15) is 16.1 Å². The van der Waals surface area contributed by atoms with Crippen molar-refractivity contribution in [2.75, 3.05) is 0 Å². The second kappa shape index (κ2) is 4.66. The smallest absolute Gasteiger partial charge is 0.170 e. The van der Waals surface area contributed by atoms with Crippen molar-refractivity contribution >= 4 is 27.2 Å². The van der Waals surface area contributed by atoms with Crippen LogP contribution in [0.5, 0.6) is 0 Å². The Morgan fingerprint density at radius 2 is 2.11 bits per heavy atom. The number of rotatable bonds is 3. The molecule has 0 spiro atoms. The highest BCUT2D eigenvalue weighted by Gasteiger charge is 2.12. The second-order valence-corrected chi connectivity index (χ2v) is 4.86. The van der Waals surface area contributed by atoms with E-state index < -0.39 is 0 Å². The largest absolute Gasteiger partial charge is 0.294 e. The molecule has 3 nitrogen and oxygen atoms in total. The highest BCUT2D eigenvalue weighted by molar-refractivity contribution is 7.17. The second-order valence-electron chi connectivity index (χ2n) is 3.95. The van der Waals surface area contributed by atoms with Gasteiger partial charge >= 0.3 is 0 Å². The van der Waals surface area contributed by atoms with Crippen molar-refractivity contribution in [2.45, 2.75) is 6.42 Å². The van der Waals surface area contributed by atoms with Gasteiger partial charge in [0.25, 0.3) is 0 Å². The SMILES string of the molecule is O=C(Cc1ccncn1)c1csc2ccccc12. The normalized spacial score (nSPS) is 10.7. The third-order valence-electron chi connectivity index (χ3n) is 2.77. The van der Waals surface area contributed by atoms with Gasteiger partial charge in [-0.1, -0.05) is 18.2 Å². The summed E-state index contributed by atoms with van der Waals surface area (Å²) in [4.78, 5) is 20.2. The minimum absolute atomic E-state index is 0.103. The number of carbonyl (C=O) groups excluding carboxylic acids is 1. The zero-order chi connectivity index (χ0) is 12.4. The summed E-state index contributed by atoms with van der Waals surface area (Å²) in [7, 11) is 0. The molecule has 0 radical (unpaired) electrons. The first-order valence-corrected chi connectivity index (χ1v) is 6.47. The molecule has 0 unspecified atom stereocenters. The predicted octanol–water partition coefficient (Wildman–Crippen LogP) is 3.12. The molecular weight excluding hydrogens is 244 g/mol. The number of Topliss-reactive ketones (excluding diaryl/α,β-unsaturated/α-hetero) is 1. The molecule has 2 aromatic heterocycles. The number of ketones is 1. The van der Waals surface area contributed by atoms with Crippen LogP contribution in [0.4, 0.5) is 0 Å². The lowest BCUT2D eigenvalue weighted by molar-refractivity contribution is 0.0994. The van der Waals surface area contributed by atoms with E-state index in [2.05, 4.69) is 9.97 Å². The fourth-order valence-corrected chi connectivity index (χ4v) is 2.84. The Labute approximate surface area is 108 Å². The van der Waals surface area contributed by atoms with Gasteiger partial charge in [0.1, 0.15) is 6.33 Å².